The SMILES string of the molecule is COc1ccc(NC(=O)CSC2CCCC2)cc1Cl. The molecular formula is C14H18ClNO2S. The first-order chi connectivity index (χ1) is 9.19. The van der Waals surface area contributed by atoms with Gasteiger partial charge < -0.3 is 10.1 Å². The molecule has 0 atom stereocenters. The van der Waals surface area contributed by atoms with Gasteiger partial charge in [0.25, 0.3) is 0 Å². The average molecular weight is 300 g/mol. The predicted octanol–water partition coefficient (Wildman–Crippen LogP) is 3.96. The van der Waals surface area contributed by atoms with E-state index in [0.717, 1.165) is 0 Å². The minimum Gasteiger partial charge on any atom is -0.495 e. The summed E-state index contributed by atoms with van der Waals surface area (Å²) in [5.41, 5.74) is 0.711. The van der Waals surface area contributed by atoms with Crippen LogP contribution in [0.2, 0.25) is 5.02 Å². The van der Waals surface area contributed by atoms with E-state index in [1.807, 2.05) is 0 Å². The summed E-state index contributed by atoms with van der Waals surface area (Å²) in [6, 6.07) is 5.25. The fraction of sp³-hybridized carbons (Fsp3) is 0.500. The second-order valence-corrected chi connectivity index (χ2v) is 6.31. The molecular weight excluding hydrogens is 282 g/mol. The summed E-state index contributed by atoms with van der Waals surface area (Å²) >= 11 is 7.77. The summed E-state index contributed by atoms with van der Waals surface area (Å²) < 4.78 is 5.07. The van der Waals surface area contributed by atoms with E-state index >= 15 is 0 Å². The first-order valence-electron chi connectivity index (χ1n) is 6.44. The number of nitrogens with one attached hydrogen (secondary N) is 1. The molecule has 5 heteroatoms. The molecule has 1 N–H and O–H groups in total. The lowest BCUT2D eigenvalue weighted by Gasteiger charge is -2.10. The van der Waals surface area contributed by atoms with E-state index in [2.05, 4.69) is 5.32 Å². The maximum absolute atomic E-state index is 11.8. The minimum atomic E-state index is 0.0260. The van der Waals surface area contributed by atoms with Gasteiger partial charge in [-0.15, -0.1) is 11.8 Å². The molecule has 0 heterocycles. The molecule has 0 spiro atoms. The Bertz CT molecular complexity index is 447. The van der Waals surface area contributed by atoms with E-state index in [9.17, 15) is 4.79 Å². The lowest BCUT2D eigenvalue weighted by molar-refractivity contribution is -0.113. The number of halogens is 1. The molecule has 1 aliphatic carbocycles. The van der Waals surface area contributed by atoms with Gasteiger partial charge in [0.1, 0.15) is 5.75 Å². The Morgan fingerprint density at radius 2 is 2.21 bits per heavy atom. The van der Waals surface area contributed by atoms with Crippen LogP contribution in [-0.2, 0) is 4.79 Å². The maximum Gasteiger partial charge on any atom is 0.234 e. The highest BCUT2D eigenvalue weighted by Gasteiger charge is 2.16. The Morgan fingerprint density at radius 3 is 2.84 bits per heavy atom. The van der Waals surface area contributed by atoms with Gasteiger partial charge in [-0.25, -0.2) is 0 Å². The molecule has 19 heavy (non-hydrogen) atoms. The van der Waals surface area contributed by atoms with Crippen molar-refractivity contribution in [2.45, 2.75) is 30.9 Å². The molecule has 0 aliphatic heterocycles. The molecule has 3 nitrogen and oxygen atoms in total. The highest BCUT2D eigenvalue weighted by Crippen LogP contribution is 2.30. The third-order valence-corrected chi connectivity index (χ3v) is 4.85. The number of methoxy groups -OCH3 is 1. The summed E-state index contributed by atoms with van der Waals surface area (Å²) in [6.45, 7) is 0. The summed E-state index contributed by atoms with van der Waals surface area (Å²) in [6.07, 6.45) is 5.08. The zero-order valence-corrected chi connectivity index (χ0v) is 12.5. The number of carbonyl (C=O) groups excluding carboxylic acids is 1. The molecule has 1 amide bonds. The predicted molar refractivity (Wildman–Crippen MR) is 81.3 cm³/mol. The molecule has 104 valence electrons. The van der Waals surface area contributed by atoms with Crippen LogP contribution in [0.15, 0.2) is 18.2 Å². The summed E-state index contributed by atoms with van der Waals surface area (Å²) in [5.74, 6) is 1.15. The Kier molecular flexibility index (Phi) is 5.40. The zero-order valence-electron chi connectivity index (χ0n) is 10.9. The molecule has 0 aromatic heterocycles. The zero-order chi connectivity index (χ0) is 13.7. The molecule has 1 aromatic rings. The molecule has 0 saturated heterocycles. The first-order valence-corrected chi connectivity index (χ1v) is 7.86. The van der Waals surface area contributed by atoms with Gasteiger partial charge in [0.05, 0.1) is 17.9 Å². The van der Waals surface area contributed by atoms with Gasteiger partial charge in [-0.1, -0.05) is 24.4 Å². The number of hydrogen-bond acceptors (Lipinski definition) is 3. The van der Waals surface area contributed by atoms with Crippen molar-refractivity contribution in [2.24, 2.45) is 0 Å². The van der Waals surface area contributed by atoms with E-state index in [0.29, 0.717) is 27.5 Å². The van der Waals surface area contributed by atoms with Crippen LogP contribution in [0, 0.1) is 0 Å². The van der Waals surface area contributed by atoms with Crippen molar-refractivity contribution < 1.29 is 9.53 Å². The highest BCUT2D eigenvalue weighted by atomic mass is 35.5. The van der Waals surface area contributed by atoms with Gasteiger partial charge in [0, 0.05) is 10.9 Å². The Morgan fingerprint density at radius 1 is 1.47 bits per heavy atom. The van der Waals surface area contributed by atoms with Crippen molar-refractivity contribution in [3.05, 3.63) is 23.2 Å². The number of amides is 1. The van der Waals surface area contributed by atoms with Crippen molar-refractivity contribution in [2.75, 3.05) is 18.2 Å². The van der Waals surface area contributed by atoms with Crippen molar-refractivity contribution in [3.63, 3.8) is 0 Å². The molecule has 0 radical (unpaired) electrons. The van der Waals surface area contributed by atoms with E-state index in [-0.39, 0.29) is 5.91 Å². The summed E-state index contributed by atoms with van der Waals surface area (Å²) in [4.78, 5) is 11.8. The molecule has 0 bridgehead atoms. The molecule has 0 unspecified atom stereocenters. The second kappa shape index (κ2) is 7.06. The van der Waals surface area contributed by atoms with Crippen LogP contribution in [-0.4, -0.2) is 24.0 Å². The largest absolute Gasteiger partial charge is 0.495 e. The number of anilines is 1. The highest BCUT2D eigenvalue weighted by molar-refractivity contribution is 8.00. The van der Waals surface area contributed by atoms with Crippen molar-refractivity contribution in [1.29, 1.82) is 0 Å². The second-order valence-electron chi connectivity index (χ2n) is 4.61. The first kappa shape index (κ1) is 14.5. The summed E-state index contributed by atoms with van der Waals surface area (Å²) in [7, 11) is 1.57. The van der Waals surface area contributed by atoms with E-state index in [1.165, 1.54) is 25.7 Å². The number of rotatable bonds is 5. The van der Waals surface area contributed by atoms with Crippen molar-refractivity contribution in [1.82, 2.24) is 0 Å². The van der Waals surface area contributed by atoms with Crippen LogP contribution < -0.4 is 10.1 Å². The smallest absolute Gasteiger partial charge is 0.234 e. The number of hydrogen-bond donors (Lipinski definition) is 1. The molecule has 1 fully saturated rings. The van der Waals surface area contributed by atoms with Crippen LogP contribution in [0.3, 0.4) is 0 Å². The van der Waals surface area contributed by atoms with Gasteiger partial charge in [0.15, 0.2) is 0 Å². The maximum atomic E-state index is 11.8. The van der Waals surface area contributed by atoms with Gasteiger partial charge in [-0.05, 0) is 31.0 Å². The van der Waals surface area contributed by atoms with Crippen LogP contribution in [0.4, 0.5) is 5.69 Å². The van der Waals surface area contributed by atoms with E-state index in [1.54, 1.807) is 37.1 Å². The van der Waals surface area contributed by atoms with Crippen molar-refractivity contribution >= 4 is 35.0 Å². The molecule has 1 aliphatic rings. The van der Waals surface area contributed by atoms with Gasteiger partial charge in [-0.3, -0.25) is 4.79 Å². The quantitative estimate of drug-likeness (QED) is 0.894. The van der Waals surface area contributed by atoms with Gasteiger partial charge >= 0.3 is 0 Å². The molecule has 2 rings (SSSR count). The van der Waals surface area contributed by atoms with E-state index in [4.69, 9.17) is 16.3 Å². The van der Waals surface area contributed by atoms with Crippen molar-refractivity contribution in [3.8, 4) is 5.75 Å². The van der Waals surface area contributed by atoms with Crippen LogP contribution in [0.5, 0.6) is 5.75 Å². The summed E-state index contributed by atoms with van der Waals surface area (Å²) in [5, 5.41) is 4.02. The molecule has 1 saturated carbocycles. The lowest BCUT2D eigenvalue weighted by Crippen LogP contribution is -2.15. The van der Waals surface area contributed by atoms with Gasteiger partial charge in [-0.2, -0.15) is 0 Å². The number of thioether (sulfide) groups is 1. The lowest BCUT2D eigenvalue weighted by atomic mass is 10.3. The Hall–Kier alpha value is -0.870. The standard InChI is InChI=1S/C14H18ClNO2S/c1-18-13-7-6-10(8-12(13)15)16-14(17)9-19-11-4-2-3-5-11/h6-8,11H,2-5,9H2,1H3,(H,16,17). The monoisotopic (exact) mass is 299 g/mol. The average Bonchev–Trinajstić information content (AvgIpc) is 2.90. The third kappa shape index (κ3) is 4.32. The third-order valence-electron chi connectivity index (χ3n) is 3.19. The Labute approximate surface area is 123 Å². The normalized spacial score (nSPS) is 15.5. The fourth-order valence-corrected chi connectivity index (χ4v) is 3.57. The van der Waals surface area contributed by atoms with Gasteiger partial charge in [0.2, 0.25) is 5.91 Å². The fourth-order valence-electron chi connectivity index (χ4n) is 2.19. The minimum absolute atomic E-state index is 0.0260. The van der Waals surface area contributed by atoms with Crippen LogP contribution in [0.25, 0.3) is 0 Å². The molecule has 1 aromatic carbocycles. The number of benzene rings is 1. The number of ether oxygens (including phenoxy) is 1. The number of carbonyl (C=O) groups is 1. The van der Waals surface area contributed by atoms with Crippen LogP contribution in [0.1, 0.15) is 25.7 Å². The van der Waals surface area contributed by atoms with Crippen LogP contribution >= 0.6 is 23.4 Å². The van der Waals surface area contributed by atoms with E-state index < -0.39 is 0 Å². The topological polar surface area (TPSA) is 38.3 Å². The Balaban J connectivity index is 1.82.